The first kappa shape index (κ1) is 16.2. The van der Waals surface area contributed by atoms with Crippen LogP contribution in [-0.2, 0) is 9.59 Å². The van der Waals surface area contributed by atoms with Crippen molar-refractivity contribution in [3.05, 3.63) is 0 Å². The van der Waals surface area contributed by atoms with Gasteiger partial charge >= 0.3 is 0 Å². The molecular weight excluding hydrogens is 266 g/mol. The van der Waals surface area contributed by atoms with E-state index >= 15 is 0 Å². The van der Waals surface area contributed by atoms with Crippen molar-refractivity contribution < 1.29 is 9.59 Å². The molecule has 0 spiro atoms. The van der Waals surface area contributed by atoms with E-state index in [1.54, 1.807) is 23.9 Å². The van der Waals surface area contributed by atoms with Gasteiger partial charge in [0, 0.05) is 32.6 Å². The third kappa shape index (κ3) is 3.39. The summed E-state index contributed by atoms with van der Waals surface area (Å²) in [5.74, 6) is 0.222. The van der Waals surface area contributed by atoms with Crippen LogP contribution in [0.4, 0.5) is 0 Å². The molecule has 0 aromatic carbocycles. The van der Waals surface area contributed by atoms with Crippen molar-refractivity contribution in [1.82, 2.24) is 9.80 Å². The lowest BCUT2D eigenvalue weighted by Gasteiger charge is -2.28. The monoisotopic (exact) mass is 289 g/mol. The van der Waals surface area contributed by atoms with Crippen LogP contribution < -0.4 is 5.73 Å². The molecule has 1 heterocycles. The van der Waals surface area contributed by atoms with E-state index in [9.17, 15) is 9.59 Å². The van der Waals surface area contributed by atoms with Gasteiger partial charge in [-0.25, -0.2) is 0 Å². The Kier molecular flexibility index (Phi) is 5.62. The standard InChI is InChI=1S/C13H23N3O2.ClH/c1-15(2)13(18)11-4-3-7-16(11)12(17)9-5-6-10(14)8-9;/h9-11H,3-8,14H2,1-2H3;1H. The van der Waals surface area contributed by atoms with E-state index in [1.807, 2.05) is 0 Å². The molecule has 110 valence electrons. The van der Waals surface area contributed by atoms with E-state index in [4.69, 9.17) is 5.73 Å². The molecule has 1 saturated carbocycles. The topological polar surface area (TPSA) is 66.6 Å². The van der Waals surface area contributed by atoms with Gasteiger partial charge in [0.05, 0.1) is 0 Å². The lowest BCUT2D eigenvalue weighted by Crippen LogP contribution is -2.47. The average Bonchev–Trinajstić information content (AvgIpc) is 2.95. The number of hydrogen-bond donors (Lipinski definition) is 1. The van der Waals surface area contributed by atoms with Gasteiger partial charge in [-0.3, -0.25) is 9.59 Å². The van der Waals surface area contributed by atoms with Gasteiger partial charge in [-0.2, -0.15) is 0 Å². The highest BCUT2D eigenvalue weighted by molar-refractivity contribution is 5.89. The van der Waals surface area contributed by atoms with Crippen LogP contribution in [0.1, 0.15) is 32.1 Å². The molecule has 0 aromatic rings. The van der Waals surface area contributed by atoms with Crippen LogP contribution in [0.3, 0.4) is 0 Å². The lowest BCUT2D eigenvalue weighted by atomic mass is 10.1. The highest BCUT2D eigenvalue weighted by Crippen LogP contribution is 2.29. The summed E-state index contributed by atoms with van der Waals surface area (Å²) in [5.41, 5.74) is 5.86. The predicted molar refractivity (Wildman–Crippen MR) is 76.0 cm³/mol. The Morgan fingerprint density at radius 1 is 1.21 bits per heavy atom. The van der Waals surface area contributed by atoms with Crippen LogP contribution in [0, 0.1) is 5.92 Å². The number of carbonyl (C=O) groups excluding carboxylic acids is 2. The van der Waals surface area contributed by atoms with Crippen molar-refractivity contribution in [2.24, 2.45) is 11.7 Å². The molecule has 6 heteroatoms. The number of rotatable bonds is 2. The zero-order chi connectivity index (χ0) is 13.3. The van der Waals surface area contributed by atoms with E-state index in [0.29, 0.717) is 0 Å². The molecule has 2 amide bonds. The van der Waals surface area contributed by atoms with Crippen LogP contribution in [0.5, 0.6) is 0 Å². The molecule has 19 heavy (non-hydrogen) atoms. The van der Waals surface area contributed by atoms with Gasteiger partial charge < -0.3 is 15.5 Å². The summed E-state index contributed by atoms with van der Waals surface area (Å²) in [6.45, 7) is 0.717. The molecule has 2 fully saturated rings. The predicted octanol–water partition coefficient (Wildman–Crippen LogP) is 0.615. The maximum atomic E-state index is 12.4. The highest BCUT2D eigenvalue weighted by atomic mass is 35.5. The summed E-state index contributed by atoms with van der Waals surface area (Å²) >= 11 is 0. The lowest BCUT2D eigenvalue weighted by molar-refractivity contribution is -0.144. The van der Waals surface area contributed by atoms with Crippen molar-refractivity contribution in [3.8, 4) is 0 Å². The first-order chi connectivity index (χ1) is 8.50. The zero-order valence-electron chi connectivity index (χ0n) is 11.7. The van der Waals surface area contributed by atoms with E-state index < -0.39 is 0 Å². The van der Waals surface area contributed by atoms with Crippen LogP contribution in [0.15, 0.2) is 0 Å². The molecule has 2 rings (SSSR count). The summed E-state index contributed by atoms with van der Waals surface area (Å²) in [5, 5.41) is 0. The van der Waals surface area contributed by atoms with Crippen molar-refractivity contribution in [3.63, 3.8) is 0 Å². The summed E-state index contributed by atoms with van der Waals surface area (Å²) in [6.07, 6.45) is 4.30. The van der Waals surface area contributed by atoms with Crippen LogP contribution >= 0.6 is 12.4 Å². The second-order valence-corrected chi connectivity index (χ2v) is 5.69. The van der Waals surface area contributed by atoms with Gasteiger partial charge in [0.2, 0.25) is 11.8 Å². The quantitative estimate of drug-likeness (QED) is 0.810. The molecule has 0 bridgehead atoms. The van der Waals surface area contributed by atoms with Crippen molar-refractivity contribution in [2.45, 2.75) is 44.2 Å². The molecule has 1 aliphatic carbocycles. The second kappa shape index (κ2) is 6.57. The molecule has 3 unspecified atom stereocenters. The Balaban J connectivity index is 0.00000180. The van der Waals surface area contributed by atoms with E-state index in [-0.39, 0.29) is 42.2 Å². The minimum absolute atomic E-state index is 0. The van der Waals surface area contributed by atoms with E-state index in [1.165, 1.54) is 0 Å². The third-order valence-corrected chi connectivity index (χ3v) is 4.08. The summed E-state index contributed by atoms with van der Waals surface area (Å²) in [7, 11) is 3.49. The maximum absolute atomic E-state index is 12.4. The first-order valence-electron chi connectivity index (χ1n) is 6.78. The fourth-order valence-electron chi connectivity index (χ4n) is 3.06. The molecule has 0 aromatic heterocycles. The molecule has 0 radical (unpaired) electrons. The van der Waals surface area contributed by atoms with E-state index in [0.717, 1.165) is 38.6 Å². The summed E-state index contributed by atoms with van der Waals surface area (Å²) in [4.78, 5) is 27.8. The van der Waals surface area contributed by atoms with Gasteiger partial charge in [-0.15, -0.1) is 12.4 Å². The van der Waals surface area contributed by atoms with Gasteiger partial charge in [0.15, 0.2) is 0 Å². The Morgan fingerprint density at radius 2 is 1.89 bits per heavy atom. The third-order valence-electron chi connectivity index (χ3n) is 4.08. The first-order valence-corrected chi connectivity index (χ1v) is 6.78. The Hall–Kier alpha value is -0.810. The minimum atomic E-state index is -0.246. The van der Waals surface area contributed by atoms with Gasteiger partial charge in [-0.1, -0.05) is 0 Å². The number of halogens is 1. The van der Waals surface area contributed by atoms with Crippen molar-refractivity contribution in [1.29, 1.82) is 0 Å². The molecule has 1 saturated heterocycles. The summed E-state index contributed by atoms with van der Waals surface area (Å²) < 4.78 is 0. The fraction of sp³-hybridized carbons (Fsp3) is 0.846. The number of hydrogen-bond acceptors (Lipinski definition) is 3. The van der Waals surface area contributed by atoms with Crippen molar-refractivity contribution >= 4 is 24.2 Å². The number of likely N-dealkylation sites (N-methyl/N-ethyl adjacent to an activating group) is 1. The smallest absolute Gasteiger partial charge is 0.244 e. The number of amides is 2. The van der Waals surface area contributed by atoms with Crippen LogP contribution in [0.2, 0.25) is 0 Å². The molecule has 5 nitrogen and oxygen atoms in total. The zero-order valence-corrected chi connectivity index (χ0v) is 12.5. The van der Waals surface area contributed by atoms with Crippen LogP contribution in [0.25, 0.3) is 0 Å². The molecule has 2 aliphatic rings. The van der Waals surface area contributed by atoms with Gasteiger partial charge in [0.1, 0.15) is 6.04 Å². The highest BCUT2D eigenvalue weighted by Gasteiger charge is 2.39. The fourth-order valence-corrected chi connectivity index (χ4v) is 3.06. The maximum Gasteiger partial charge on any atom is 0.244 e. The average molecular weight is 290 g/mol. The number of nitrogens with two attached hydrogens (primary N) is 1. The molecule has 2 N–H and O–H groups in total. The Bertz CT molecular complexity index is 349. The number of likely N-dealkylation sites (tertiary alicyclic amines) is 1. The normalized spacial score (nSPS) is 30.1. The van der Waals surface area contributed by atoms with Gasteiger partial charge in [-0.05, 0) is 32.1 Å². The molecular formula is C13H24ClN3O2. The summed E-state index contributed by atoms with van der Waals surface area (Å²) in [6, 6.07) is -0.0890. The minimum Gasteiger partial charge on any atom is -0.347 e. The Morgan fingerprint density at radius 3 is 2.42 bits per heavy atom. The molecule has 3 atom stereocenters. The van der Waals surface area contributed by atoms with Crippen molar-refractivity contribution in [2.75, 3.05) is 20.6 Å². The van der Waals surface area contributed by atoms with E-state index in [2.05, 4.69) is 0 Å². The largest absolute Gasteiger partial charge is 0.347 e. The number of nitrogens with zero attached hydrogens (tertiary/aromatic N) is 2. The Labute approximate surface area is 120 Å². The second-order valence-electron chi connectivity index (χ2n) is 5.69. The SMILES string of the molecule is CN(C)C(=O)C1CCCN1C(=O)C1CCC(N)C1.Cl. The van der Waals surface area contributed by atoms with Gasteiger partial charge in [0.25, 0.3) is 0 Å². The number of carbonyl (C=O) groups is 2. The van der Waals surface area contributed by atoms with Crippen LogP contribution in [-0.4, -0.2) is 54.3 Å². The molecule has 1 aliphatic heterocycles.